The normalized spacial score (nSPS) is 16.4. The molecule has 4 nitrogen and oxygen atoms in total. The summed E-state index contributed by atoms with van der Waals surface area (Å²) in [7, 11) is 0. The van der Waals surface area contributed by atoms with Crippen LogP contribution in [0.4, 0.5) is 0 Å². The first-order valence-corrected chi connectivity index (χ1v) is 8.69. The summed E-state index contributed by atoms with van der Waals surface area (Å²) in [6.45, 7) is 0. The third-order valence-electron chi connectivity index (χ3n) is 3.31. The van der Waals surface area contributed by atoms with E-state index in [4.69, 9.17) is 16.7 Å². The van der Waals surface area contributed by atoms with Crippen LogP contribution in [0, 0.1) is 0 Å². The van der Waals surface area contributed by atoms with Crippen molar-refractivity contribution < 1.29 is 14.7 Å². The van der Waals surface area contributed by atoms with E-state index in [9.17, 15) is 9.59 Å². The standard InChI is InChI=1S/C13H16ClNO3S2/c14-10-3-2-9(20-10)7-19-8-11(16)15-13(4-1-5-13)6-12(17)18/h2-3H,1,4-8H2,(H,15,16)(H,17,18). The molecule has 0 saturated heterocycles. The number of aliphatic carboxylic acids is 1. The molecule has 0 spiro atoms. The maximum Gasteiger partial charge on any atom is 0.305 e. The summed E-state index contributed by atoms with van der Waals surface area (Å²) in [4.78, 5) is 23.8. The fraction of sp³-hybridized carbons (Fsp3) is 0.538. The Morgan fingerprint density at radius 2 is 2.20 bits per heavy atom. The smallest absolute Gasteiger partial charge is 0.305 e. The molecule has 1 fully saturated rings. The van der Waals surface area contributed by atoms with Gasteiger partial charge in [-0.1, -0.05) is 11.6 Å². The van der Waals surface area contributed by atoms with Crippen LogP contribution in [0.1, 0.15) is 30.6 Å². The molecule has 2 rings (SSSR count). The van der Waals surface area contributed by atoms with Crippen molar-refractivity contribution in [3.63, 3.8) is 0 Å². The van der Waals surface area contributed by atoms with Gasteiger partial charge in [0, 0.05) is 10.6 Å². The van der Waals surface area contributed by atoms with Crippen molar-refractivity contribution in [2.75, 3.05) is 5.75 Å². The van der Waals surface area contributed by atoms with Crippen LogP contribution in [-0.2, 0) is 15.3 Å². The molecule has 0 bridgehead atoms. The summed E-state index contributed by atoms with van der Waals surface area (Å²) in [5.41, 5.74) is -0.504. The van der Waals surface area contributed by atoms with E-state index in [2.05, 4.69) is 5.32 Å². The van der Waals surface area contributed by atoms with Crippen LogP contribution in [0.3, 0.4) is 0 Å². The second-order valence-corrected chi connectivity index (χ2v) is 7.74. The van der Waals surface area contributed by atoms with Gasteiger partial charge in [0.1, 0.15) is 0 Å². The van der Waals surface area contributed by atoms with Crippen LogP contribution in [0.2, 0.25) is 4.34 Å². The van der Waals surface area contributed by atoms with Gasteiger partial charge < -0.3 is 10.4 Å². The number of halogens is 1. The molecule has 1 aromatic rings. The van der Waals surface area contributed by atoms with Gasteiger partial charge in [-0.2, -0.15) is 0 Å². The lowest BCUT2D eigenvalue weighted by molar-refractivity contribution is -0.140. The molecule has 20 heavy (non-hydrogen) atoms. The predicted octanol–water partition coefficient (Wildman–Crippen LogP) is 3.15. The van der Waals surface area contributed by atoms with Crippen LogP contribution < -0.4 is 5.32 Å². The highest BCUT2D eigenvalue weighted by atomic mass is 35.5. The lowest BCUT2D eigenvalue weighted by atomic mass is 9.74. The number of carboxylic acid groups (broad SMARTS) is 1. The first kappa shape index (κ1) is 15.7. The summed E-state index contributed by atoms with van der Waals surface area (Å²) in [5, 5.41) is 11.8. The molecular formula is C13H16ClNO3S2. The molecule has 110 valence electrons. The fourth-order valence-electron chi connectivity index (χ4n) is 2.24. The van der Waals surface area contributed by atoms with Gasteiger partial charge in [-0.15, -0.1) is 23.1 Å². The van der Waals surface area contributed by atoms with E-state index in [1.165, 1.54) is 23.1 Å². The number of nitrogens with one attached hydrogen (secondary N) is 1. The van der Waals surface area contributed by atoms with Gasteiger partial charge in [0.15, 0.2) is 0 Å². The zero-order valence-electron chi connectivity index (χ0n) is 10.9. The molecule has 1 aliphatic rings. The largest absolute Gasteiger partial charge is 0.481 e. The Morgan fingerprint density at radius 3 is 2.70 bits per heavy atom. The first-order chi connectivity index (χ1) is 9.49. The van der Waals surface area contributed by atoms with E-state index in [0.29, 0.717) is 5.75 Å². The van der Waals surface area contributed by atoms with Gasteiger partial charge in [-0.25, -0.2) is 0 Å². The summed E-state index contributed by atoms with van der Waals surface area (Å²) in [6, 6.07) is 3.80. The highest BCUT2D eigenvalue weighted by Crippen LogP contribution is 2.35. The van der Waals surface area contributed by atoms with E-state index in [0.717, 1.165) is 34.2 Å². The molecule has 2 N–H and O–H groups in total. The second-order valence-electron chi connectivity index (χ2n) is 4.95. The quantitative estimate of drug-likeness (QED) is 0.804. The first-order valence-electron chi connectivity index (χ1n) is 6.34. The van der Waals surface area contributed by atoms with Crippen molar-refractivity contribution in [2.45, 2.75) is 37.0 Å². The minimum absolute atomic E-state index is 0.0178. The van der Waals surface area contributed by atoms with Gasteiger partial charge in [0.2, 0.25) is 5.91 Å². The summed E-state index contributed by atoms with van der Waals surface area (Å²) in [6.07, 6.45) is 2.52. The summed E-state index contributed by atoms with van der Waals surface area (Å²) in [5.74, 6) is 0.151. The topological polar surface area (TPSA) is 66.4 Å². The zero-order chi connectivity index (χ0) is 14.6. The van der Waals surface area contributed by atoms with Gasteiger partial charge >= 0.3 is 5.97 Å². The number of thiophene rings is 1. The monoisotopic (exact) mass is 333 g/mol. The average molecular weight is 334 g/mol. The number of amides is 1. The van der Waals surface area contributed by atoms with Gasteiger partial charge in [-0.05, 0) is 31.4 Å². The number of rotatable bonds is 7. The lowest BCUT2D eigenvalue weighted by Gasteiger charge is -2.41. The minimum Gasteiger partial charge on any atom is -0.481 e. The van der Waals surface area contributed by atoms with Crippen molar-refractivity contribution in [2.24, 2.45) is 0 Å². The highest BCUT2D eigenvalue weighted by Gasteiger charge is 2.40. The Hall–Kier alpha value is -0.720. The molecule has 0 aromatic carbocycles. The number of carboxylic acids is 1. The Bertz CT molecular complexity index is 500. The maximum atomic E-state index is 11.9. The Kier molecular flexibility index (Phi) is 5.35. The molecule has 0 atom stereocenters. The van der Waals surface area contributed by atoms with Crippen LogP contribution in [0.5, 0.6) is 0 Å². The van der Waals surface area contributed by atoms with Crippen LogP contribution in [0.15, 0.2) is 12.1 Å². The van der Waals surface area contributed by atoms with Crippen molar-refractivity contribution in [3.8, 4) is 0 Å². The van der Waals surface area contributed by atoms with Crippen LogP contribution in [0.25, 0.3) is 0 Å². The van der Waals surface area contributed by atoms with Crippen molar-refractivity contribution in [1.29, 1.82) is 0 Å². The molecule has 7 heteroatoms. The minimum atomic E-state index is -0.856. The molecule has 1 saturated carbocycles. The van der Waals surface area contributed by atoms with E-state index in [1.54, 1.807) is 0 Å². The number of hydrogen-bond donors (Lipinski definition) is 2. The molecule has 1 aliphatic carbocycles. The Labute approximate surface area is 130 Å². The summed E-state index contributed by atoms with van der Waals surface area (Å²) >= 11 is 8.86. The molecule has 1 aromatic heterocycles. The maximum absolute atomic E-state index is 11.9. The molecule has 1 amide bonds. The SMILES string of the molecule is O=C(O)CC1(NC(=O)CSCc2ccc(Cl)s2)CCC1. The Balaban J connectivity index is 1.73. The molecule has 1 heterocycles. The average Bonchev–Trinajstić information content (AvgIpc) is 2.71. The van der Waals surface area contributed by atoms with Crippen molar-refractivity contribution in [1.82, 2.24) is 5.32 Å². The van der Waals surface area contributed by atoms with Crippen LogP contribution in [-0.4, -0.2) is 28.3 Å². The van der Waals surface area contributed by atoms with Crippen molar-refractivity contribution in [3.05, 3.63) is 21.3 Å². The molecule has 0 aliphatic heterocycles. The molecular weight excluding hydrogens is 318 g/mol. The zero-order valence-corrected chi connectivity index (χ0v) is 13.2. The van der Waals surface area contributed by atoms with Gasteiger partial charge in [-0.3, -0.25) is 9.59 Å². The molecule has 0 unspecified atom stereocenters. The van der Waals surface area contributed by atoms with Gasteiger partial charge in [0.25, 0.3) is 0 Å². The third kappa shape index (κ3) is 4.40. The number of carbonyl (C=O) groups is 2. The lowest BCUT2D eigenvalue weighted by Crippen LogP contribution is -2.55. The number of thioether (sulfide) groups is 1. The number of hydrogen-bond acceptors (Lipinski definition) is 4. The Morgan fingerprint density at radius 1 is 1.45 bits per heavy atom. The highest BCUT2D eigenvalue weighted by molar-refractivity contribution is 7.99. The predicted molar refractivity (Wildman–Crippen MR) is 82.5 cm³/mol. The third-order valence-corrected chi connectivity index (χ3v) is 5.71. The fourth-order valence-corrected chi connectivity index (χ4v) is 4.27. The van der Waals surface area contributed by atoms with E-state index in [1.807, 2.05) is 12.1 Å². The summed E-state index contributed by atoms with van der Waals surface area (Å²) < 4.78 is 0.750. The number of carbonyl (C=O) groups excluding carboxylic acids is 1. The van der Waals surface area contributed by atoms with Gasteiger partial charge in [0.05, 0.1) is 22.0 Å². The van der Waals surface area contributed by atoms with Crippen LogP contribution >= 0.6 is 34.7 Å². The second kappa shape index (κ2) is 6.83. The van der Waals surface area contributed by atoms with E-state index < -0.39 is 11.5 Å². The van der Waals surface area contributed by atoms with Crippen molar-refractivity contribution >= 4 is 46.6 Å². The molecule has 0 radical (unpaired) electrons. The van der Waals surface area contributed by atoms with E-state index >= 15 is 0 Å². The van der Waals surface area contributed by atoms with E-state index in [-0.39, 0.29) is 12.3 Å².